The van der Waals surface area contributed by atoms with Crippen molar-refractivity contribution in [1.29, 1.82) is 0 Å². The summed E-state index contributed by atoms with van der Waals surface area (Å²) in [6, 6.07) is 30.1. The van der Waals surface area contributed by atoms with Gasteiger partial charge in [0.05, 0.1) is 6.04 Å². The standard InChI is InChI=1S/C27H32ClN3.2C4H4O4/c1-29(27(24-10-6-3-7-11-24)25-12-14-26(28)15-13-25)16-17-30-18-20-31(21-19-30)22-23-8-4-2-5-9-23;2*5-3(6)1-2-4(7)8/h2-15,27H,16-22H2,1H3;2*1-2H,(H,5,6)(H,7,8)/b;2*2-1-. The Hall–Kier alpha value is -4.81. The van der Waals surface area contributed by atoms with E-state index in [4.69, 9.17) is 32.0 Å². The Bertz CT molecular complexity index is 1390. The van der Waals surface area contributed by atoms with E-state index in [1.807, 2.05) is 12.1 Å². The van der Waals surface area contributed by atoms with E-state index in [9.17, 15) is 19.2 Å². The van der Waals surface area contributed by atoms with Gasteiger partial charge in [-0.25, -0.2) is 19.2 Å². The first-order chi connectivity index (χ1) is 22.4. The Morgan fingerprint density at radius 3 is 1.51 bits per heavy atom. The van der Waals surface area contributed by atoms with Gasteiger partial charge in [-0.2, -0.15) is 0 Å². The van der Waals surface area contributed by atoms with Gasteiger partial charge in [0.1, 0.15) is 0 Å². The van der Waals surface area contributed by atoms with Crippen LogP contribution in [0.15, 0.2) is 109 Å². The first kappa shape index (κ1) is 38.4. The highest BCUT2D eigenvalue weighted by atomic mass is 35.5. The van der Waals surface area contributed by atoms with Gasteiger partial charge in [-0.15, -0.1) is 0 Å². The third-order valence-corrected chi connectivity index (χ3v) is 7.21. The Labute approximate surface area is 279 Å². The van der Waals surface area contributed by atoms with Crippen LogP contribution in [0.25, 0.3) is 0 Å². The van der Waals surface area contributed by atoms with Crippen molar-refractivity contribution in [1.82, 2.24) is 14.7 Å². The topological polar surface area (TPSA) is 159 Å². The fourth-order valence-corrected chi connectivity index (χ4v) is 4.83. The highest BCUT2D eigenvalue weighted by molar-refractivity contribution is 6.30. The summed E-state index contributed by atoms with van der Waals surface area (Å²) in [5.74, 6) is -5.03. The molecule has 1 fully saturated rings. The minimum Gasteiger partial charge on any atom is -0.478 e. The number of nitrogens with zero attached hydrogens (tertiary/aromatic N) is 3. The second-order valence-corrected chi connectivity index (χ2v) is 10.9. The Kier molecular flexibility index (Phi) is 17.2. The van der Waals surface area contributed by atoms with Crippen LogP contribution in [-0.4, -0.2) is 105 Å². The van der Waals surface area contributed by atoms with Crippen molar-refractivity contribution in [2.24, 2.45) is 0 Å². The van der Waals surface area contributed by atoms with Crippen LogP contribution < -0.4 is 0 Å². The molecule has 0 spiro atoms. The van der Waals surface area contributed by atoms with E-state index in [1.54, 1.807) is 0 Å². The van der Waals surface area contributed by atoms with Crippen molar-refractivity contribution in [3.05, 3.63) is 131 Å². The van der Waals surface area contributed by atoms with Crippen LogP contribution in [0.2, 0.25) is 5.02 Å². The van der Waals surface area contributed by atoms with E-state index in [-0.39, 0.29) is 6.04 Å². The molecule has 1 heterocycles. The summed E-state index contributed by atoms with van der Waals surface area (Å²) in [7, 11) is 2.23. The number of benzene rings is 3. The van der Waals surface area contributed by atoms with Gasteiger partial charge in [-0.1, -0.05) is 84.4 Å². The average Bonchev–Trinajstić information content (AvgIpc) is 3.05. The van der Waals surface area contributed by atoms with Crippen LogP contribution in [0.5, 0.6) is 0 Å². The van der Waals surface area contributed by atoms with Gasteiger partial charge < -0.3 is 20.4 Å². The van der Waals surface area contributed by atoms with Crippen LogP contribution in [0.3, 0.4) is 0 Å². The second kappa shape index (κ2) is 21.1. The zero-order chi connectivity index (χ0) is 34.6. The lowest BCUT2D eigenvalue weighted by atomic mass is 9.97. The molecule has 0 aliphatic carbocycles. The zero-order valence-electron chi connectivity index (χ0n) is 26.1. The smallest absolute Gasteiger partial charge is 0.328 e. The summed E-state index contributed by atoms with van der Waals surface area (Å²) in [6.45, 7) is 7.72. The zero-order valence-corrected chi connectivity index (χ0v) is 26.8. The summed E-state index contributed by atoms with van der Waals surface area (Å²) in [5, 5.41) is 32.0. The van der Waals surface area contributed by atoms with Gasteiger partial charge in [0.2, 0.25) is 0 Å². The molecule has 250 valence electrons. The molecule has 12 heteroatoms. The van der Waals surface area contributed by atoms with Gasteiger partial charge in [0.15, 0.2) is 0 Å². The monoisotopic (exact) mass is 665 g/mol. The number of carboxylic acid groups (broad SMARTS) is 4. The lowest BCUT2D eigenvalue weighted by Crippen LogP contribution is -2.48. The van der Waals surface area contributed by atoms with Gasteiger partial charge in [0, 0.05) is 75.1 Å². The fourth-order valence-electron chi connectivity index (χ4n) is 4.71. The van der Waals surface area contributed by atoms with E-state index in [0.29, 0.717) is 24.3 Å². The lowest BCUT2D eigenvalue weighted by Gasteiger charge is -2.36. The van der Waals surface area contributed by atoms with E-state index >= 15 is 0 Å². The quantitative estimate of drug-likeness (QED) is 0.200. The molecule has 1 atom stereocenters. The largest absolute Gasteiger partial charge is 0.478 e. The molecule has 4 rings (SSSR count). The highest BCUT2D eigenvalue weighted by Gasteiger charge is 2.22. The third-order valence-electron chi connectivity index (χ3n) is 6.96. The number of likely N-dealkylation sites (N-methyl/N-ethyl adjacent to an activating group) is 1. The van der Waals surface area contributed by atoms with Crippen molar-refractivity contribution in [2.45, 2.75) is 12.6 Å². The molecule has 3 aromatic carbocycles. The van der Waals surface area contributed by atoms with E-state index in [1.165, 1.54) is 16.7 Å². The normalized spacial score (nSPS) is 14.1. The van der Waals surface area contributed by atoms with Crippen LogP contribution in [0.1, 0.15) is 22.7 Å². The number of aliphatic carboxylic acids is 4. The van der Waals surface area contributed by atoms with E-state index in [2.05, 4.69) is 94.5 Å². The number of halogens is 1. The Morgan fingerprint density at radius 2 is 1.06 bits per heavy atom. The number of hydrogen-bond acceptors (Lipinski definition) is 7. The van der Waals surface area contributed by atoms with E-state index in [0.717, 1.165) is 50.8 Å². The maximum Gasteiger partial charge on any atom is 0.328 e. The molecule has 0 saturated carbocycles. The Balaban J connectivity index is 0.000000397. The molecular formula is C35H40ClN3O8. The molecule has 1 aliphatic heterocycles. The van der Waals surface area contributed by atoms with Crippen LogP contribution >= 0.6 is 11.6 Å². The van der Waals surface area contributed by atoms with Gasteiger partial charge in [0.25, 0.3) is 0 Å². The van der Waals surface area contributed by atoms with Gasteiger partial charge >= 0.3 is 23.9 Å². The summed E-state index contributed by atoms with van der Waals surface area (Å²) in [6.07, 6.45) is 2.23. The summed E-state index contributed by atoms with van der Waals surface area (Å²) in [5.41, 5.74) is 4.01. The van der Waals surface area contributed by atoms with Crippen LogP contribution in [0, 0.1) is 0 Å². The minimum absolute atomic E-state index is 0.234. The molecule has 0 bridgehead atoms. The first-order valence-corrected chi connectivity index (χ1v) is 15.1. The SMILES string of the molecule is CN(CCN1CCN(Cc2ccccc2)CC1)C(c1ccccc1)c1ccc(Cl)cc1.O=C(O)/C=C\C(=O)O.O=C(O)/C=C\C(=O)O. The second-order valence-electron chi connectivity index (χ2n) is 10.5. The minimum atomic E-state index is -1.26. The van der Waals surface area contributed by atoms with Crippen molar-refractivity contribution in [3.8, 4) is 0 Å². The Morgan fingerprint density at radius 1 is 0.660 bits per heavy atom. The van der Waals surface area contributed by atoms with E-state index < -0.39 is 23.9 Å². The molecule has 4 N–H and O–H groups in total. The number of piperazine rings is 1. The number of rotatable bonds is 12. The molecule has 1 saturated heterocycles. The number of carboxylic acids is 4. The van der Waals surface area contributed by atoms with Crippen LogP contribution in [-0.2, 0) is 25.7 Å². The third kappa shape index (κ3) is 16.4. The molecule has 1 aliphatic rings. The predicted molar refractivity (Wildman–Crippen MR) is 179 cm³/mol. The molecular weight excluding hydrogens is 626 g/mol. The average molecular weight is 666 g/mol. The molecule has 0 aromatic heterocycles. The fraction of sp³-hybridized carbons (Fsp3) is 0.257. The summed E-state index contributed by atoms with van der Waals surface area (Å²) in [4.78, 5) is 45.8. The van der Waals surface area contributed by atoms with Crippen molar-refractivity contribution >= 4 is 35.5 Å². The maximum absolute atomic E-state index is 9.55. The predicted octanol–water partition coefficient (Wildman–Crippen LogP) is 4.60. The first-order valence-electron chi connectivity index (χ1n) is 14.7. The van der Waals surface area contributed by atoms with Crippen molar-refractivity contribution < 1.29 is 39.6 Å². The molecule has 11 nitrogen and oxygen atoms in total. The highest BCUT2D eigenvalue weighted by Crippen LogP contribution is 2.28. The van der Waals surface area contributed by atoms with Gasteiger partial charge in [-0.3, -0.25) is 14.7 Å². The molecule has 0 radical (unpaired) electrons. The number of hydrogen-bond donors (Lipinski definition) is 4. The summed E-state index contributed by atoms with van der Waals surface area (Å²) < 4.78 is 0. The summed E-state index contributed by atoms with van der Waals surface area (Å²) >= 11 is 6.14. The molecule has 1 unspecified atom stereocenters. The molecule has 47 heavy (non-hydrogen) atoms. The van der Waals surface area contributed by atoms with Crippen molar-refractivity contribution in [2.75, 3.05) is 46.3 Å². The number of carbonyl (C=O) groups is 4. The lowest BCUT2D eigenvalue weighted by molar-refractivity contribution is -0.134. The maximum atomic E-state index is 9.55. The molecule has 0 amide bonds. The van der Waals surface area contributed by atoms with Crippen molar-refractivity contribution in [3.63, 3.8) is 0 Å². The molecule has 3 aromatic rings. The van der Waals surface area contributed by atoms with Gasteiger partial charge in [-0.05, 0) is 35.9 Å². The van der Waals surface area contributed by atoms with Crippen LogP contribution in [0.4, 0.5) is 0 Å².